The summed E-state index contributed by atoms with van der Waals surface area (Å²) in [5, 5.41) is 3.35. The molecule has 0 heterocycles. The first-order valence-corrected chi connectivity index (χ1v) is 6.87. The molecule has 4 nitrogen and oxygen atoms in total. The fraction of sp³-hybridized carbons (Fsp3) is 0.600. The first kappa shape index (κ1) is 16.0. The zero-order chi connectivity index (χ0) is 13.9. The van der Waals surface area contributed by atoms with Gasteiger partial charge < -0.3 is 19.5 Å². The molecule has 0 unspecified atom stereocenters. The molecule has 0 fully saturated rings. The molecule has 19 heavy (non-hydrogen) atoms. The summed E-state index contributed by atoms with van der Waals surface area (Å²) in [6.07, 6.45) is 0.808. The summed E-state index contributed by atoms with van der Waals surface area (Å²) in [7, 11) is 1.69. The molecule has 0 aliphatic rings. The minimum atomic E-state index is -0.152. The Hall–Kier alpha value is -1.10. The summed E-state index contributed by atoms with van der Waals surface area (Å²) in [5.41, 5.74) is 1.26. The molecule has 1 N–H and O–H groups in total. The molecule has 0 bridgehead atoms. The Morgan fingerprint density at radius 1 is 1.16 bits per heavy atom. The highest BCUT2D eigenvalue weighted by Gasteiger charge is 2.06. The SMILES string of the molecule is CCOC(CNCCc1cccc(OC)c1)OCC. The number of hydrogen-bond donors (Lipinski definition) is 1. The van der Waals surface area contributed by atoms with Gasteiger partial charge in [0.05, 0.1) is 7.11 Å². The van der Waals surface area contributed by atoms with E-state index in [9.17, 15) is 0 Å². The molecule has 0 spiro atoms. The van der Waals surface area contributed by atoms with Gasteiger partial charge in [0, 0.05) is 19.8 Å². The second kappa shape index (κ2) is 9.78. The number of benzene rings is 1. The van der Waals surface area contributed by atoms with Gasteiger partial charge in [0.2, 0.25) is 0 Å². The third-order valence-electron chi connectivity index (χ3n) is 2.74. The van der Waals surface area contributed by atoms with Gasteiger partial charge in [0.1, 0.15) is 5.75 Å². The van der Waals surface area contributed by atoms with Gasteiger partial charge in [0.25, 0.3) is 0 Å². The highest BCUT2D eigenvalue weighted by Crippen LogP contribution is 2.12. The van der Waals surface area contributed by atoms with Crippen LogP contribution in [0.3, 0.4) is 0 Å². The van der Waals surface area contributed by atoms with Gasteiger partial charge in [-0.2, -0.15) is 0 Å². The van der Waals surface area contributed by atoms with Crippen LogP contribution in [-0.4, -0.2) is 39.7 Å². The van der Waals surface area contributed by atoms with Crippen LogP contribution in [0.2, 0.25) is 0 Å². The lowest BCUT2D eigenvalue weighted by Gasteiger charge is -2.17. The number of rotatable bonds is 10. The van der Waals surface area contributed by atoms with Crippen LogP contribution in [0.4, 0.5) is 0 Å². The topological polar surface area (TPSA) is 39.7 Å². The van der Waals surface area contributed by atoms with E-state index in [2.05, 4.69) is 17.4 Å². The molecule has 0 aromatic heterocycles. The maximum atomic E-state index is 5.47. The van der Waals surface area contributed by atoms with Gasteiger partial charge in [-0.15, -0.1) is 0 Å². The molecule has 1 aromatic rings. The summed E-state index contributed by atoms with van der Waals surface area (Å²) in [4.78, 5) is 0. The standard InChI is InChI=1S/C15H25NO3/c1-4-18-15(19-5-2)12-16-10-9-13-7-6-8-14(11-13)17-3/h6-8,11,15-16H,4-5,9-10,12H2,1-3H3. The molecule has 4 heteroatoms. The summed E-state index contributed by atoms with van der Waals surface area (Å²) in [6, 6.07) is 8.13. The lowest BCUT2D eigenvalue weighted by Crippen LogP contribution is -2.32. The fourth-order valence-corrected chi connectivity index (χ4v) is 1.82. The van der Waals surface area contributed by atoms with E-state index in [1.807, 2.05) is 26.0 Å². The van der Waals surface area contributed by atoms with Gasteiger partial charge in [-0.3, -0.25) is 0 Å². The quantitative estimate of drug-likeness (QED) is 0.521. The number of ether oxygens (including phenoxy) is 3. The van der Waals surface area contributed by atoms with Crippen LogP contribution in [0.25, 0.3) is 0 Å². The average Bonchev–Trinajstić information content (AvgIpc) is 2.44. The Balaban J connectivity index is 2.25. The van der Waals surface area contributed by atoms with Gasteiger partial charge in [0.15, 0.2) is 6.29 Å². The monoisotopic (exact) mass is 267 g/mol. The third kappa shape index (κ3) is 6.57. The Bertz CT molecular complexity index is 338. The average molecular weight is 267 g/mol. The Morgan fingerprint density at radius 3 is 2.53 bits per heavy atom. The number of hydrogen-bond acceptors (Lipinski definition) is 4. The zero-order valence-electron chi connectivity index (χ0n) is 12.1. The summed E-state index contributed by atoms with van der Waals surface area (Å²) in [6.45, 7) is 6.89. The van der Waals surface area contributed by atoms with E-state index in [0.717, 1.165) is 18.7 Å². The van der Waals surface area contributed by atoms with Crippen molar-refractivity contribution in [2.24, 2.45) is 0 Å². The van der Waals surface area contributed by atoms with Crippen molar-refractivity contribution in [3.63, 3.8) is 0 Å². The van der Waals surface area contributed by atoms with Crippen molar-refractivity contribution < 1.29 is 14.2 Å². The third-order valence-corrected chi connectivity index (χ3v) is 2.74. The van der Waals surface area contributed by atoms with Crippen LogP contribution in [0, 0.1) is 0 Å². The van der Waals surface area contributed by atoms with E-state index < -0.39 is 0 Å². The van der Waals surface area contributed by atoms with E-state index >= 15 is 0 Å². The van der Waals surface area contributed by atoms with Crippen molar-refractivity contribution in [3.8, 4) is 5.75 Å². The van der Waals surface area contributed by atoms with E-state index in [1.165, 1.54) is 5.56 Å². The maximum absolute atomic E-state index is 5.47. The lowest BCUT2D eigenvalue weighted by atomic mass is 10.1. The van der Waals surface area contributed by atoms with E-state index in [-0.39, 0.29) is 6.29 Å². The number of methoxy groups -OCH3 is 1. The van der Waals surface area contributed by atoms with E-state index in [4.69, 9.17) is 14.2 Å². The van der Waals surface area contributed by atoms with Crippen molar-refractivity contribution in [2.45, 2.75) is 26.6 Å². The van der Waals surface area contributed by atoms with Gasteiger partial charge >= 0.3 is 0 Å². The Kier molecular flexibility index (Phi) is 8.21. The van der Waals surface area contributed by atoms with Crippen molar-refractivity contribution >= 4 is 0 Å². The molecule has 0 atom stereocenters. The predicted molar refractivity (Wildman–Crippen MR) is 76.6 cm³/mol. The van der Waals surface area contributed by atoms with Gasteiger partial charge in [-0.25, -0.2) is 0 Å². The minimum absolute atomic E-state index is 0.152. The van der Waals surface area contributed by atoms with Crippen molar-refractivity contribution in [1.82, 2.24) is 5.32 Å². The summed E-state index contributed by atoms with van der Waals surface area (Å²) >= 11 is 0. The second-order valence-corrected chi connectivity index (χ2v) is 4.15. The van der Waals surface area contributed by atoms with Gasteiger partial charge in [-0.1, -0.05) is 12.1 Å². The highest BCUT2D eigenvalue weighted by molar-refractivity contribution is 5.28. The highest BCUT2D eigenvalue weighted by atomic mass is 16.7. The Morgan fingerprint density at radius 2 is 1.89 bits per heavy atom. The van der Waals surface area contributed by atoms with Crippen LogP contribution < -0.4 is 10.1 Å². The van der Waals surface area contributed by atoms with E-state index in [1.54, 1.807) is 7.11 Å². The van der Waals surface area contributed by atoms with Crippen LogP contribution in [0.5, 0.6) is 5.75 Å². The predicted octanol–water partition coefficient (Wildman–Crippen LogP) is 2.23. The second-order valence-electron chi connectivity index (χ2n) is 4.15. The van der Waals surface area contributed by atoms with E-state index in [0.29, 0.717) is 19.8 Å². The molecular formula is C15H25NO3. The van der Waals surface area contributed by atoms with Crippen LogP contribution in [0.15, 0.2) is 24.3 Å². The smallest absolute Gasteiger partial charge is 0.169 e. The summed E-state index contributed by atoms with van der Waals surface area (Å²) in [5.74, 6) is 0.902. The molecule has 0 radical (unpaired) electrons. The molecule has 0 aliphatic heterocycles. The molecular weight excluding hydrogens is 242 g/mol. The minimum Gasteiger partial charge on any atom is -0.497 e. The lowest BCUT2D eigenvalue weighted by molar-refractivity contribution is -0.132. The molecule has 0 saturated carbocycles. The maximum Gasteiger partial charge on any atom is 0.169 e. The molecule has 0 aliphatic carbocycles. The van der Waals surface area contributed by atoms with Crippen LogP contribution in [0.1, 0.15) is 19.4 Å². The fourth-order valence-electron chi connectivity index (χ4n) is 1.82. The van der Waals surface area contributed by atoms with Crippen molar-refractivity contribution in [1.29, 1.82) is 0 Å². The first-order chi connectivity index (χ1) is 9.30. The van der Waals surface area contributed by atoms with Crippen LogP contribution >= 0.6 is 0 Å². The summed E-state index contributed by atoms with van der Waals surface area (Å²) < 4.78 is 16.1. The van der Waals surface area contributed by atoms with Gasteiger partial charge in [-0.05, 0) is 44.5 Å². The normalized spacial score (nSPS) is 10.9. The van der Waals surface area contributed by atoms with Crippen molar-refractivity contribution in [2.75, 3.05) is 33.4 Å². The molecule has 0 amide bonds. The zero-order valence-corrected chi connectivity index (χ0v) is 12.1. The largest absolute Gasteiger partial charge is 0.497 e. The molecule has 1 rings (SSSR count). The van der Waals surface area contributed by atoms with Crippen LogP contribution in [-0.2, 0) is 15.9 Å². The number of nitrogens with one attached hydrogen (secondary N) is 1. The Labute approximate surface area is 116 Å². The first-order valence-electron chi connectivity index (χ1n) is 6.87. The molecule has 1 aromatic carbocycles. The van der Waals surface area contributed by atoms with Crippen molar-refractivity contribution in [3.05, 3.63) is 29.8 Å². The molecule has 0 saturated heterocycles. The molecule has 108 valence electrons.